The number of halogens is 3. The first-order chi connectivity index (χ1) is 13.8. The molecule has 0 bridgehead atoms. The van der Waals surface area contributed by atoms with Crippen molar-refractivity contribution in [2.75, 3.05) is 6.54 Å². The van der Waals surface area contributed by atoms with E-state index in [0.717, 1.165) is 23.5 Å². The van der Waals surface area contributed by atoms with Crippen molar-refractivity contribution in [2.24, 2.45) is 0 Å². The number of para-hydroxylation sites is 1. The number of carbonyl (C=O) groups is 1. The lowest BCUT2D eigenvalue weighted by Gasteiger charge is -2.13. The maximum absolute atomic E-state index is 12.6. The van der Waals surface area contributed by atoms with Gasteiger partial charge < -0.3 is 5.32 Å². The van der Waals surface area contributed by atoms with E-state index in [2.05, 4.69) is 10.4 Å². The maximum atomic E-state index is 12.6. The Labute approximate surface area is 167 Å². The summed E-state index contributed by atoms with van der Waals surface area (Å²) in [5, 5.41) is 7.34. The van der Waals surface area contributed by atoms with Crippen LogP contribution in [0.25, 0.3) is 5.69 Å². The van der Waals surface area contributed by atoms with E-state index >= 15 is 0 Å². The van der Waals surface area contributed by atoms with Gasteiger partial charge in [0.05, 0.1) is 16.9 Å². The normalized spacial score (nSPS) is 12.6. The molecule has 1 amide bonds. The first-order valence-corrected chi connectivity index (χ1v) is 9.37. The van der Waals surface area contributed by atoms with Crippen LogP contribution in [0.4, 0.5) is 13.2 Å². The van der Waals surface area contributed by atoms with Gasteiger partial charge in [0, 0.05) is 25.6 Å². The summed E-state index contributed by atoms with van der Waals surface area (Å²) >= 11 is 0. The van der Waals surface area contributed by atoms with Crippen molar-refractivity contribution < 1.29 is 18.0 Å². The highest BCUT2D eigenvalue weighted by Gasteiger charge is 2.30. The van der Waals surface area contributed by atoms with Crippen LogP contribution in [0, 0.1) is 0 Å². The van der Waals surface area contributed by atoms with Crippen LogP contribution in [0.1, 0.15) is 36.1 Å². The highest BCUT2D eigenvalue weighted by atomic mass is 19.4. The summed E-state index contributed by atoms with van der Waals surface area (Å²) in [7, 11) is 0. The quantitative estimate of drug-likeness (QED) is 0.621. The summed E-state index contributed by atoms with van der Waals surface area (Å²) in [6, 6.07) is 16.6. The number of nitrogens with zero attached hydrogens (tertiary/aromatic N) is 2. The van der Waals surface area contributed by atoms with Gasteiger partial charge in [0.25, 0.3) is 0 Å². The Morgan fingerprint density at radius 2 is 1.76 bits per heavy atom. The van der Waals surface area contributed by atoms with Gasteiger partial charge in [0.2, 0.25) is 5.91 Å². The highest BCUT2D eigenvalue weighted by molar-refractivity contribution is 5.76. The van der Waals surface area contributed by atoms with E-state index in [4.69, 9.17) is 0 Å². The van der Waals surface area contributed by atoms with Gasteiger partial charge in [0.1, 0.15) is 0 Å². The fourth-order valence-corrected chi connectivity index (χ4v) is 3.02. The van der Waals surface area contributed by atoms with E-state index in [1.54, 1.807) is 4.68 Å². The summed E-state index contributed by atoms with van der Waals surface area (Å²) in [5.41, 5.74) is 1.85. The minimum atomic E-state index is -4.35. The number of aromatic nitrogens is 2. The van der Waals surface area contributed by atoms with Crippen molar-refractivity contribution in [1.29, 1.82) is 0 Å². The number of hydrogen-bond donors (Lipinski definition) is 1. The Hall–Kier alpha value is -3.09. The Balaban J connectivity index is 1.46. The maximum Gasteiger partial charge on any atom is 0.416 e. The third-order valence-corrected chi connectivity index (χ3v) is 4.67. The molecule has 1 aromatic heterocycles. The van der Waals surface area contributed by atoms with Gasteiger partial charge in [-0.15, -0.1) is 0 Å². The van der Waals surface area contributed by atoms with Crippen molar-refractivity contribution in [3.05, 3.63) is 83.7 Å². The van der Waals surface area contributed by atoms with Crippen molar-refractivity contribution in [3.63, 3.8) is 0 Å². The van der Waals surface area contributed by atoms with Gasteiger partial charge >= 0.3 is 6.18 Å². The fourth-order valence-electron chi connectivity index (χ4n) is 3.02. The van der Waals surface area contributed by atoms with E-state index in [9.17, 15) is 18.0 Å². The molecule has 3 rings (SSSR count). The smallest absolute Gasteiger partial charge is 0.356 e. The number of amides is 1. The molecule has 1 heterocycles. The first kappa shape index (κ1) is 20.6. The zero-order valence-electron chi connectivity index (χ0n) is 16.0. The molecule has 1 unspecified atom stereocenters. The summed E-state index contributed by atoms with van der Waals surface area (Å²) < 4.78 is 39.7. The van der Waals surface area contributed by atoms with Gasteiger partial charge in [-0.25, -0.2) is 4.68 Å². The van der Waals surface area contributed by atoms with Crippen LogP contribution < -0.4 is 5.32 Å². The Morgan fingerprint density at radius 3 is 2.41 bits per heavy atom. The summed E-state index contributed by atoms with van der Waals surface area (Å²) in [4.78, 5) is 12.2. The molecule has 0 spiro atoms. The average Bonchev–Trinajstić information content (AvgIpc) is 3.17. The van der Waals surface area contributed by atoms with Gasteiger partial charge in [-0.3, -0.25) is 4.79 Å². The lowest BCUT2D eigenvalue weighted by atomic mass is 9.96. The number of nitrogens with one attached hydrogen (secondary N) is 1. The van der Waals surface area contributed by atoms with Gasteiger partial charge in [0.15, 0.2) is 0 Å². The second-order valence-corrected chi connectivity index (χ2v) is 6.91. The van der Waals surface area contributed by atoms with E-state index < -0.39 is 11.7 Å². The number of hydrogen-bond acceptors (Lipinski definition) is 2. The number of benzene rings is 2. The minimum Gasteiger partial charge on any atom is -0.356 e. The molecule has 0 radical (unpaired) electrons. The predicted octanol–water partition coefficient (Wildman–Crippen LogP) is 4.74. The van der Waals surface area contributed by atoms with Gasteiger partial charge in [-0.05, 0) is 41.8 Å². The monoisotopic (exact) mass is 401 g/mol. The molecule has 29 heavy (non-hydrogen) atoms. The lowest BCUT2D eigenvalue weighted by Crippen LogP contribution is -2.26. The van der Waals surface area contributed by atoms with Crippen molar-refractivity contribution in [1.82, 2.24) is 15.1 Å². The molecule has 0 aliphatic carbocycles. The van der Waals surface area contributed by atoms with Crippen LogP contribution in [0.3, 0.4) is 0 Å². The molecule has 0 saturated heterocycles. The number of carbonyl (C=O) groups excluding carboxylic acids is 1. The van der Waals surface area contributed by atoms with Crippen LogP contribution in [-0.4, -0.2) is 22.2 Å². The molecular formula is C22H22F3N3O. The molecule has 1 atom stereocenters. The van der Waals surface area contributed by atoms with Crippen molar-refractivity contribution in [3.8, 4) is 5.69 Å². The van der Waals surface area contributed by atoms with Crippen molar-refractivity contribution >= 4 is 5.91 Å². The topological polar surface area (TPSA) is 46.9 Å². The van der Waals surface area contributed by atoms with Gasteiger partial charge in [-0.2, -0.15) is 18.3 Å². The highest BCUT2D eigenvalue weighted by Crippen LogP contribution is 2.30. The third kappa shape index (κ3) is 5.70. The molecule has 2 aromatic carbocycles. The fraction of sp³-hybridized carbons (Fsp3) is 0.273. The lowest BCUT2D eigenvalue weighted by molar-refractivity contribution is -0.137. The van der Waals surface area contributed by atoms with Crippen molar-refractivity contribution in [2.45, 2.75) is 31.9 Å². The summed E-state index contributed by atoms with van der Waals surface area (Å²) in [6.07, 6.45) is -1.67. The Kier molecular flexibility index (Phi) is 6.36. The minimum absolute atomic E-state index is 0.139. The molecule has 152 valence electrons. The second-order valence-electron chi connectivity index (χ2n) is 6.91. The molecule has 7 heteroatoms. The van der Waals surface area contributed by atoms with Gasteiger partial charge in [-0.1, -0.05) is 37.3 Å². The van der Waals surface area contributed by atoms with E-state index in [0.29, 0.717) is 18.5 Å². The predicted molar refractivity (Wildman–Crippen MR) is 105 cm³/mol. The van der Waals surface area contributed by atoms with Crippen LogP contribution in [0.5, 0.6) is 0 Å². The largest absolute Gasteiger partial charge is 0.416 e. The molecule has 0 fully saturated rings. The van der Waals surface area contributed by atoms with Crippen LogP contribution in [0.15, 0.2) is 66.9 Å². The summed E-state index contributed by atoms with van der Waals surface area (Å²) in [6.45, 7) is 2.27. The molecule has 0 aliphatic heterocycles. The zero-order chi connectivity index (χ0) is 20.9. The molecule has 0 saturated carbocycles. The number of alkyl halides is 3. The van der Waals surface area contributed by atoms with E-state index in [1.165, 1.54) is 12.1 Å². The molecular weight excluding hydrogens is 379 g/mol. The third-order valence-electron chi connectivity index (χ3n) is 4.67. The molecule has 4 nitrogen and oxygen atoms in total. The van der Waals surface area contributed by atoms with E-state index in [1.807, 2.05) is 49.5 Å². The second kappa shape index (κ2) is 8.94. The standard InChI is InChI=1S/C22H22F3N3O/c1-16(17-7-9-18(10-8-17)22(23,24)25)15-21(29)26-13-11-19-12-14-28(27-19)20-5-3-2-4-6-20/h2-10,12,14,16H,11,13,15H2,1H3,(H,26,29). The molecule has 3 aromatic rings. The van der Waals surface area contributed by atoms with Crippen LogP contribution >= 0.6 is 0 Å². The van der Waals surface area contributed by atoms with Crippen LogP contribution in [0.2, 0.25) is 0 Å². The van der Waals surface area contributed by atoms with E-state index in [-0.39, 0.29) is 18.2 Å². The number of rotatable bonds is 7. The first-order valence-electron chi connectivity index (χ1n) is 9.37. The zero-order valence-corrected chi connectivity index (χ0v) is 16.0. The molecule has 1 N–H and O–H groups in total. The Morgan fingerprint density at radius 1 is 1.07 bits per heavy atom. The average molecular weight is 401 g/mol. The SMILES string of the molecule is CC(CC(=O)NCCc1ccn(-c2ccccc2)n1)c1ccc(C(F)(F)F)cc1. The van der Waals surface area contributed by atoms with Crippen LogP contribution in [-0.2, 0) is 17.4 Å². The molecule has 0 aliphatic rings. The summed E-state index contributed by atoms with van der Waals surface area (Å²) in [5.74, 6) is -0.311. The Bertz CT molecular complexity index is 934.